The highest BCUT2D eigenvalue weighted by atomic mass is 16.4. The summed E-state index contributed by atoms with van der Waals surface area (Å²) in [6, 6.07) is -0.241. The number of carboxylic acid groups (broad SMARTS) is 1. The first kappa shape index (κ1) is 15.5. The lowest BCUT2D eigenvalue weighted by Crippen LogP contribution is -2.47. The molecule has 0 aromatic rings. The van der Waals surface area contributed by atoms with Crippen molar-refractivity contribution in [1.29, 1.82) is 0 Å². The predicted octanol–water partition coefficient (Wildman–Crippen LogP) is 2.24. The number of nitrogens with zero attached hydrogens (tertiary/aromatic N) is 1. The Kier molecular flexibility index (Phi) is 5.39. The second-order valence-corrected chi connectivity index (χ2v) is 5.62. The van der Waals surface area contributed by atoms with Crippen molar-refractivity contribution in [2.75, 3.05) is 20.1 Å². The molecule has 5 nitrogen and oxygen atoms in total. The van der Waals surface area contributed by atoms with Gasteiger partial charge in [0.15, 0.2) is 0 Å². The maximum Gasteiger partial charge on any atom is 0.317 e. The first-order valence-corrected chi connectivity index (χ1v) is 6.74. The van der Waals surface area contributed by atoms with E-state index in [2.05, 4.69) is 11.9 Å². The minimum atomic E-state index is -0.796. The smallest absolute Gasteiger partial charge is 0.317 e. The minimum Gasteiger partial charge on any atom is -0.481 e. The number of hydrogen-bond donors (Lipinski definition) is 2. The van der Waals surface area contributed by atoms with Gasteiger partial charge < -0.3 is 15.3 Å². The van der Waals surface area contributed by atoms with Crippen LogP contribution < -0.4 is 5.32 Å². The molecule has 0 saturated heterocycles. The number of carbonyl (C=O) groups excluding carboxylic acids is 1. The fourth-order valence-corrected chi connectivity index (χ4v) is 2.55. The van der Waals surface area contributed by atoms with E-state index in [-0.39, 0.29) is 12.6 Å². The number of amides is 2. The van der Waals surface area contributed by atoms with Gasteiger partial charge in [0, 0.05) is 20.1 Å². The Bertz CT molecular complexity index is 360. The summed E-state index contributed by atoms with van der Waals surface area (Å²) in [5.74, 6) is -0.796. The monoisotopic (exact) mass is 268 g/mol. The first-order valence-electron chi connectivity index (χ1n) is 6.74. The van der Waals surface area contributed by atoms with Gasteiger partial charge in [-0.25, -0.2) is 4.79 Å². The summed E-state index contributed by atoms with van der Waals surface area (Å²) in [5.41, 5.74) is 0.112. The van der Waals surface area contributed by atoms with E-state index < -0.39 is 11.4 Å². The van der Waals surface area contributed by atoms with Gasteiger partial charge >= 0.3 is 12.0 Å². The van der Waals surface area contributed by atoms with E-state index in [1.165, 1.54) is 4.90 Å². The molecule has 0 aromatic carbocycles. The van der Waals surface area contributed by atoms with Crippen molar-refractivity contribution in [2.45, 2.75) is 39.0 Å². The van der Waals surface area contributed by atoms with Gasteiger partial charge in [-0.2, -0.15) is 0 Å². The number of likely N-dealkylation sites (N-methyl/N-ethyl adjacent to an activating group) is 1. The Labute approximate surface area is 114 Å². The molecular weight excluding hydrogens is 244 g/mol. The molecule has 0 aliphatic heterocycles. The Morgan fingerprint density at radius 3 is 2.37 bits per heavy atom. The van der Waals surface area contributed by atoms with Crippen LogP contribution in [0.2, 0.25) is 0 Å². The van der Waals surface area contributed by atoms with Crippen molar-refractivity contribution < 1.29 is 14.7 Å². The first-order chi connectivity index (χ1) is 8.87. The topological polar surface area (TPSA) is 69.6 Å². The van der Waals surface area contributed by atoms with Crippen LogP contribution in [-0.4, -0.2) is 42.1 Å². The lowest BCUT2D eigenvalue weighted by atomic mass is 9.74. The molecule has 0 atom stereocenters. The van der Waals surface area contributed by atoms with Crippen molar-refractivity contribution >= 4 is 12.0 Å². The molecule has 0 unspecified atom stereocenters. The minimum absolute atomic E-state index is 0.210. The van der Waals surface area contributed by atoms with Crippen LogP contribution in [0.1, 0.15) is 39.0 Å². The van der Waals surface area contributed by atoms with Crippen molar-refractivity contribution in [3.63, 3.8) is 0 Å². The molecule has 1 rings (SSSR count). The molecule has 19 heavy (non-hydrogen) atoms. The number of hydrogen-bond acceptors (Lipinski definition) is 2. The molecule has 0 radical (unpaired) electrons. The zero-order chi connectivity index (χ0) is 14.5. The maximum absolute atomic E-state index is 11.9. The molecule has 1 aliphatic carbocycles. The molecular formula is C14H24N2O3. The normalized spacial score (nSPS) is 17.6. The van der Waals surface area contributed by atoms with Gasteiger partial charge in [0.1, 0.15) is 0 Å². The number of carboxylic acids is 1. The Hall–Kier alpha value is -1.52. The lowest BCUT2D eigenvalue weighted by Gasteiger charge is -2.33. The summed E-state index contributed by atoms with van der Waals surface area (Å²) in [4.78, 5) is 24.8. The van der Waals surface area contributed by atoms with Gasteiger partial charge in [-0.1, -0.05) is 31.4 Å². The number of aliphatic carboxylic acids is 1. The third-order valence-corrected chi connectivity index (χ3v) is 3.70. The summed E-state index contributed by atoms with van der Waals surface area (Å²) in [5, 5.41) is 12.2. The molecule has 0 bridgehead atoms. The van der Waals surface area contributed by atoms with E-state index >= 15 is 0 Å². The highest BCUT2D eigenvalue weighted by molar-refractivity contribution is 5.78. The van der Waals surface area contributed by atoms with Crippen molar-refractivity contribution in [2.24, 2.45) is 5.41 Å². The molecule has 1 aliphatic rings. The Morgan fingerprint density at radius 1 is 1.32 bits per heavy atom. The Balaban J connectivity index is 2.54. The predicted molar refractivity (Wildman–Crippen MR) is 74.0 cm³/mol. The van der Waals surface area contributed by atoms with Crippen LogP contribution in [0.15, 0.2) is 12.2 Å². The molecule has 5 heteroatoms. The maximum atomic E-state index is 11.9. The molecule has 0 aromatic heterocycles. The van der Waals surface area contributed by atoms with Gasteiger partial charge in [-0.3, -0.25) is 4.79 Å². The van der Waals surface area contributed by atoms with Gasteiger partial charge in [-0.15, -0.1) is 0 Å². The summed E-state index contributed by atoms with van der Waals surface area (Å²) < 4.78 is 0. The zero-order valence-electron chi connectivity index (χ0n) is 11.9. The van der Waals surface area contributed by atoms with Crippen LogP contribution in [0.5, 0.6) is 0 Å². The van der Waals surface area contributed by atoms with Crippen molar-refractivity contribution in [3.05, 3.63) is 12.2 Å². The van der Waals surface area contributed by atoms with E-state index in [9.17, 15) is 14.7 Å². The number of rotatable bonds is 5. The molecule has 1 saturated carbocycles. The van der Waals surface area contributed by atoms with Crippen LogP contribution in [0.4, 0.5) is 4.79 Å². The molecule has 2 N–H and O–H groups in total. The molecule has 2 amide bonds. The van der Waals surface area contributed by atoms with Gasteiger partial charge in [-0.05, 0) is 19.8 Å². The van der Waals surface area contributed by atoms with Crippen LogP contribution in [0.25, 0.3) is 0 Å². The highest BCUT2D eigenvalue weighted by Gasteiger charge is 2.39. The van der Waals surface area contributed by atoms with Crippen LogP contribution in [0, 0.1) is 5.41 Å². The van der Waals surface area contributed by atoms with E-state index in [0.717, 1.165) is 24.8 Å². The zero-order valence-corrected chi connectivity index (χ0v) is 11.9. The highest BCUT2D eigenvalue weighted by Crippen LogP contribution is 2.36. The van der Waals surface area contributed by atoms with Crippen molar-refractivity contribution in [1.82, 2.24) is 10.2 Å². The van der Waals surface area contributed by atoms with Crippen LogP contribution in [0.3, 0.4) is 0 Å². The molecule has 108 valence electrons. The summed E-state index contributed by atoms with van der Waals surface area (Å²) in [7, 11) is 1.68. The summed E-state index contributed by atoms with van der Waals surface area (Å²) in [6.45, 7) is 6.29. The third kappa shape index (κ3) is 4.26. The number of nitrogens with one attached hydrogen (secondary N) is 1. The fourth-order valence-electron chi connectivity index (χ4n) is 2.55. The van der Waals surface area contributed by atoms with E-state index in [0.29, 0.717) is 19.4 Å². The molecule has 0 heterocycles. The van der Waals surface area contributed by atoms with Crippen molar-refractivity contribution in [3.8, 4) is 0 Å². The van der Waals surface area contributed by atoms with Gasteiger partial charge in [0.05, 0.1) is 5.41 Å². The average Bonchev–Trinajstić information content (AvgIpc) is 2.36. The Morgan fingerprint density at radius 2 is 1.89 bits per heavy atom. The second kappa shape index (κ2) is 6.59. The standard InChI is InChI=1S/C14H24N2O3/c1-11(2)9-16(3)13(19)15-10-14(12(17)18)7-5-4-6-8-14/h1,4-10H2,2-3H3,(H,15,19)(H,17,18). The lowest BCUT2D eigenvalue weighted by molar-refractivity contribution is -0.150. The fraction of sp³-hybridized carbons (Fsp3) is 0.714. The van der Waals surface area contributed by atoms with Crippen LogP contribution >= 0.6 is 0 Å². The van der Waals surface area contributed by atoms with Crippen LogP contribution in [-0.2, 0) is 4.79 Å². The summed E-state index contributed by atoms with van der Waals surface area (Å²) >= 11 is 0. The number of carbonyl (C=O) groups is 2. The summed E-state index contributed by atoms with van der Waals surface area (Å²) in [6.07, 6.45) is 4.21. The molecule has 1 fully saturated rings. The quantitative estimate of drug-likeness (QED) is 0.751. The van der Waals surface area contributed by atoms with E-state index in [1.807, 2.05) is 6.92 Å². The second-order valence-electron chi connectivity index (χ2n) is 5.62. The SMILES string of the molecule is C=C(C)CN(C)C(=O)NCC1(C(=O)O)CCCCC1. The van der Waals surface area contributed by atoms with E-state index in [4.69, 9.17) is 0 Å². The third-order valence-electron chi connectivity index (χ3n) is 3.70. The van der Waals surface area contributed by atoms with Gasteiger partial charge in [0.25, 0.3) is 0 Å². The molecule has 0 spiro atoms. The van der Waals surface area contributed by atoms with E-state index in [1.54, 1.807) is 7.05 Å². The number of urea groups is 1. The van der Waals surface area contributed by atoms with Gasteiger partial charge in [0.2, 0.25) is 0 Å². The average molecular weight is 268 g/mol. The largest absolute Gasteiger partial charge is 0.481 e.